The van der Waals surface area contributed by atoms with Crippen LogP contribution in [0.15, 0.2) is 24.3 Å². The third-order valence-corrected chi connectivity index (χ3v) is 2.36. The Morgan fingerprint density at radius 3 is 2.93 bits per heavy atom. The average molecular weight is 210 g/mol. The van der Waals surface area contributed by atoms with E-state index < -0.39 is 0 Å². The Kier molecular flexibility index (Phi) is 2.59. The lowest BCUT2D eigenvalue weighted by Crippen LogP contribution is -2.04. The van der Waals surface area contributed by atoms with Crippen LogP contribution in [0.3, 0.4) is 0 Å². The van der Waals surface area contributed by atoms with E-state index >= 15 is 0 Å². The van der Waals surface area contributed by atoms with Gasteiger partial charge in [0.2, 0.25) is 5.95 Å². The van der Waals surface area contributed by atoms with E-state index in [0.29, 0.717) is 5.88 Å². The number of halogens is 1. The lowest BCUT2D eigenvalue weighted by molar-refractivity contribution is 0.801. The summed E-state index contributed by atoms with van der Waals surface area (Å²) in [6.45, 7) is 0.776. The van der Waals surface area contributed by atoms with E-state index in [-0.39, 0.29) is 0 Å². The largest absolute Gasteiger partial charge is 0.359 e. The first kappa shape index (κ1) is 9.34. The van der Waals surface area contributed by atoms with E-state index in [9.17, 15) is 0 Å². The lowest BCUT2D eigenvalue weighted by atomic mass is 10.3. The van der Waals surface area contributed by atoms with Gasteiger partial charge in [0, 0.05) is 19.5 Å². The summed E-state index contributed by atoms with van der Waals surface area (Å²) in [5, 5.41) is 3.06. The molecule has 0 spiro atoms. The molecule has 0 saturated carbocycles. The minimum absolute atomic E-state index is 0.592. The fourth-order valence-corrected chi connectivity index (χ4v) is 1.75. The summed E-state index contributed by atoms with van der Waals surface area (Å²) >= 11 is 5.75. The molecule has 0 atom stereocenters. The van der Waals surface area contributed by atoms with Crippen LogP contribution in [-0.4, -0.2) is 22.5 Å². The minimum atomic E-state index is 0.592. The topological polar surface area (TPSA) is 29.9 Å². The predicted octanol–water partition coefficient (Wildman–Crippen LogP) is 2.32. The molecule has 3 nitrogen and oxygen atoms in total. The fraction of sp³-hybridized carbons (Fsp3) is 0.300. The van der Waals surface area contributed by atoms with Crippen molar-refractivity contribution in [3.8, 4) is 0 Å². The summed E-state index contributed by atoms with van der Waals surface area (Å²) < 4.78 is 2.09. The van der Waals surface area contributed by atoms with Gasteiger partial charge in [-0.3, -0.25) is 0 Å². The van der Waals surface area contributed by atoms with Crippen LogP contribution in [0.1, 0.15) is 0 Å². The third-order valence-electron chi connectivity index (χ3n) is 2.19. The molecule has 74 valence electrons. The number of alkyl halides is 1. The molecule has 1 aromatic heterocycles. The molecule has 1 N–H and O–H groups in total. The molecule has 0 aliphatic rings. The Balaban J connectivity index is 2.61. The molecule has 0 aliphatic heterocycles. The number of anilines is 1. The van der Waals surface area contributed by atoms with Crippen molar-refractivity contribution < 1.29 is 0 Å². The normalized spacial score (nSPS) is 10.7. The van der Waals surface area contributed by atoms with Gasteiger partial charge in [-0.15, -0.1) is 11.6 Å². The zero-order chi connectivity index (χ0) is 9.97. The monoisotopic (exact) mass is 209 g/mol. The van der Waals surface area contributed by atoms with Crippen molar-refractivity contribution in [1.82, 2.24) is 9.55 Å². The summed E-state index contributed by atoms with van der Waals surface area (Å²) in [4.78, 5) is 4.44. The highest BCUT2D eigenvalue weighted by Gasteiger charge is 2.07. The van der Waals surface area contributed by atoms with Crippen molar-refractivity contribution in [3.63, 3.8) is 0 Å². The predicted molar refractivity (Wildman–Crippen MR) is 60.0 cm³/mol. The molecule has 14 heavy (non-hydrogen) atoms. The Morgan fingerprint density at radius 1 is 1.43 bits per heavy atom. The average Bonchev–Trinajstić information content (AvgIpc) is 2.58. The van der Waals surface area contributed by atoms with Gasteiger partial charge in [-0.05, 0) is 12.1 Å². The molecule has 2 rings (SSSR count). The summed E-state index contributed by atoms with van der Waals surface area (Å²) in [6, 6.07) is 8.05. The van der Waals surface area contributed by atoms with Crippen LogP contribution in [0.5, 0.6) is 0 Å². The zero-order valence-corrected chi connectivity index (χ0v) is 8.75. The highest BCUT2D eigenvalue weighted by Crippen LogP contribution is 2.18. The Hall–Kier alpha value is -1.22. The number of fused-ring (bicyclic) bond motifs is 1. The molecule has 0 amide bonds. The number of aryl methyl sites for hydroxylation is 1. The van der Waals surface area contributed by atoms with Crippen molar-refractivity contribution in [2.24, 2.45) is 0 Å². The van der Waals surface area contributed by atoms with E-state index in [4.69, 9.17) is 11.6 Å². The first-order valence-corrected chi connectivity index (χ1v) is 5.09. The van der Waals surface area contributed by atoms with Gasteiger partial charge < -0.3 is 9.88 Å². The number of hydrogen-bond donors (Lipinski definition) is 1. The van der Waals surface area contributed by atoms with Crippen LogP contribution in [0.25, 0.3) is 11.0 Å². The van der Waals surface area contributed by atoms with Gasteiger partial charge in [0.25, 0.3) is 0 Å². The van der Waals surface area contributed by atoms with E-state index in [1.807, 2.05) is 25.2 Å². The van der Waals surface area contributed by atoms with E-state index in [2.05, 4.69) is 20.9 Å². The Morgan fingerprint density at radius 2 is 2.21 bits per heavy atom. The van der Waals surface area contributed by atoms with Gasteiger partial charge in [-0.1, -0.05) is 12.1 Å². The Labute approximate surface area is 87.7 Å². The first-order chi connectivity index (χ1) is 6.86. The van der Waals surface area contributed by atoms with Gasteiger partial charge in [0.05, 0.1) is 11.0 Å². The molecular weight excluding hydrogens is 198 g/mol. The van der Waals surface area contributed by atoms with E-state index in [1.165, 1.54) is 0 Å². The minimum Gasteiger partial charge on any atom is -0.359 e. The van der Waals surface area contributed by atoms with Crippen LogP contribution in [0.2, 0.25) is 0 Å². The summed E-state index contributed by atoms with van der Waals surface area (Å²) in [6.07, 6.45) is 0. The molecule has 0 unspecified atom stereocenters. The fourth-order valence-electron chi connectivity index (χ4n) is 1.58. The molecule has 0 fully saturated rings. The number of aromatic nitrogens is 2. The zero-order valence-electron chi connectivity index (χ0n) is 8.00. The van der Waals surface area contributed by atoms with Crippen LogP contribution < -0.4 is 5.32 Å². The van der Waals surface area contributed by atoms with Crippen LogP contribution >= 0.6 is 11.6 Å². The molecule has 0 aliphatic carbocycles. The van der Waals surface area contributed by atoms with Crippen molar-refractivity contribution in [2.75, 3.05) is 18.2 Å². The van der Waals surface area contributed by atoms with Crippen molar-refractivity contribution in [2.45, 2.75) is 6.54 Å². The molecule has 0 saturated heterocycles. The van der Waals surface area contributed by atoms with Crippen molar-refractivity contribution in [3.05, 3.63) is 24.3 Å². The number of rotatable bonds is 3. The second kappa shape index (κ2) is 3.88. The van der Waals surface area contributed by atoms with E-state index in [0.717, 1.165) is 23.5 Å². The SMILES string of the molecule is CNc1nc2ccccc2n1CCCl. The second-order valence-electron chi connectivity index (χ2n) is 3.01. The van der Waals surface area contributed by atoms with Gasteiger partial charge in [0.1, 0.15) is 0 Å². The maximum atomic E-state index is 5.75. The first-order valence-electron chi connectivity index (χ1n) is 4.56. The molecule has 1 heterocycles. The van der Waals surface area contributed by atoms with Crippen LogP contribution in [-0.2, 0) is 6.54 Å². The second-order valence-corrected chi connectivity index (χ2v) is 3.39. The van der Waals surface area contributed by atoms with Gasteiger partial charge >= 0.3 is 0 Å². The molecule has 0 bridgehead atoms. The van der Waals surface area contributed by atoms with Crippen LogP contribution in [0.4, 0.5) is 5.95 Å². The quantitative estimate of drug-likeness (QED) is 0.787. The molecule has 1 aromatic carbocycles. The molecule has 2 aromatic rings. The molecule has 4 heteroatoms. The van der Waals surface area contributed by atoms with Crippen LogP contribution in [0, 0.1) is 0 Å². The molecule has 0 radical (unpaired) electrons. The van der Waals surface area contributed by atoms with E-state index in [1.54, 1.807) is 0 Å². The number of nitrogens with zero attached hydrogens (tertiary/aromatic N) is 2. The van der Waals surface area contributed by atoms with Gasteiger partial charge in [-0.2, -0.15) is 0 Å². The maximum absolute atomic E-state index is 5.75. The smallest absolute Gasteiger partial charge is 0.203 e. The number of para-hydroxylation sites is 2. The highest BCUT2D eigenvalue weighted by atomic mass is 35.5. The number of hydrogen-bond acceptors (Lipinski definition) is 2. The standard InChI is InChI=1S/C10H12ClN3/c1-12-10-13-8-4-2-3-5-9(8)14(10)7-6-11/h2-5H,6-7H2,1H3,(H,12,13). The number of imidazole rings is 1. The van der Waals surface area contributed by atoms with Crippen molar-refractivity contribution in [1.29, 1.82) is 0 Å². The highest BCUT2D eigenvalue weighted by molar-refractivity contribution is 6.17. The summed E-state index contributed by atoms with van der Waals surface area (Å²) in [5.74, 6) is 1.46. The summed E-state index contributed by atoms with van der Waals surface area (Å²) in [5.41, 5.74) is 2.12. The third kappa shape index (κ3) is 1.44. The Bertz CT molecular complexity index is 436. The lowest BCUT2D eigenvalue weighted by Gasteiger charge is -2.05. The van der Waals surface area contributed by atoms with Crippen molar-refractivity contribution >= 4 is 28.6 Å². The maximum Gasteiger partial charge on any atom is 0.203 e. The number of nitrogens with one attached hydrogen (secondary N) is 1. The van der Waals surface area contributed by atoms with Gasteiger partial charge in [-0.25, -0.2) is 4.98 Å². The number of benzene rings is 1. The van der Waals surface area contributed by atoms with Gasteiger partial charge in [0.15, 0.2) is 0 Å². The molecular formula is C10H12ClN3. The summed E-state index contributed by atoms with van der Waals surface area (Å²) in [7, 11) is 1.87.